The van der Waals surface area contributed by atoms with Crippen LogP contribution in [0, 0.1) is 13.2 Å². The number of hydrogen-bond donors (Lipinski definition) is 2. The van der Waals surface area contributed by atoms with E-state index in [1.165, 1.54) is 5.56 Å². The molecule has 0 aliphatic heterocycles. The molecule has 1 heterocycles. The van der Waals surface area contributed by atoms with Crippen molar-refractivity contribution in [3.8, 4) is 11.5 Å². The third kappa shape index (κ3) is 7.43. The first-order valence-corrected chi connectivity index (χ1v) is 13.9. The van der Waals surface area contributed by atoms with Gasteiger partial charge in [0.1, 0.15) is 33.6 Å². The number of rotatable bonds is 12. The van der Waals surface area contributed by atoms with Crippen molar-refractivity contribution in [1.82, 2.24) is 15.0 Å². The Morgan fingerprint density at radius 1 is 1.06 bits per heavy atom. The van der Waals surface area contributed by atoms with Crippen molar-refractivity contribution in [3.05, 3.63) is 66.6 Å². The van der Waals surface area contributed by atoms with Crippen LogP contribution in [0.2, 0.25) is 0 Å². The van der Waals surface area contributed by atoms with Crippen LogP contribution in [0.1, 0.15) is 37.6 Å². The predicted octanol–water partition coefficient (Wildman–Crippen LogP) is 5.00. The smallest absolute Gasteiger partial charge is 0.132 e. The summed E-state index contributed by atoms with van der Waals surface area (Å²) in [6, 6.07) is 14.2. The molecule has 0 radical (unpaired) electrons. The molecule has 2 N–H and O–H groups in total. The molecule has 0 unspecified atom stereocenters. The second-order valence-electron chi connectivity index (χ2n) is 9.00. The molecule has 10 heteroatoms. The SMILES string of the molecule is C[C@@H](CCl)COc1ccc(C(C)(C)c2ccc(OC[C@@H](O)Cn3nnc(CO)c3I)cc2)cc1I. The molecule has 7 nitrogen and oxygen atoms in total. The number of aliphatic hydroxyl groups is 2. The minimum absolute atomic E-state index is 0.120. The lowest BCUT2D eigenvalue weighted by Crippen LogP contribution is -2.25. The molecule has 0 spiro atoms. The van der Waals surface area contributed by atoms with Crippen LogP contribution in [0.5, 0.6) is 11.5 Å². The fourth-order valence-electron chi connectivity index (χ4n) is 3.41. The van der Waals surface area contributed by atoms with Crippen molar-refractivity contribution >= 4 is 56.8 Å². The molecule has 0 bridgehead atoms. The second kappa shape index (κ2) is 12.9. The highest BCUT2D eigenvalue weighted by Gasteiger charge is 2.24. The summed E-state index contributed by atoms with van der Waals surface area (Å²) >= 11 is 10.3. The van der Waals surface area contributed by atoms with Crippen LogP contribution < -0.4 is 9.47 Å². The summed E-state index contributed by atoms with van der Waals surface area (Å²) in [5.74, 6) is 2.43. The molecule has 2 aromatic carbocycles. The van der Waals surface area contributed by atoms with E-state index < -0.39 is 6.10 Å². The summed E-state index contributed by atoms with van der Waals surface area (Å²) < 4.78 is 15.0. The molecular formula is C25H30ClI2N3O4. The van der Waals surface area contributed by atoms with E-state index in [1.807, 2.05) is 18.2 Å². The van der Waals surface area contributed by atoms with Crippen LogP contribution >= 0.6 is 56.8 Å². The number of nitrogens with zero attached hydrogens (tertiary/aromatic N) is 3. The number of ether oxygens (including phenoxy) is 2. The minimum atomic E-state index is -0.761. The second-order valence-corrected chi connectivity index (χ2v) is 11.5. The van der Waals surface area contributed by atoms with Gasteiger partial charge in [0.15, 0.2) is 0 Å². The highest BCUT2D eigenvalue weighted by molar-refractivity contribution is 14.1. The topological polar surface area (TPSA) is 89.6 Å². The monoisotopic (exact) mass is 725 g/mol. The number of aliphatic hydroxyl groups excluding tert-OH is 2. The van der Waals surface area contributed by atoms with Gasteiger partial charge in [-0.05, 0) is 80.6 Å². The van der Waals surface area contributed by atoms with Crippen LogP contribution in [0.3, 0.4) is 0 Å². The standard InChI is InChI=1S/C25H30ClI2N3O4/c1-16(11-26)14-35-23-9-6-18(10-21(23)27)25(2,3)17-4-7-20(8-5-17)34-15-19(33)12-31-24(28)22(13-32)29-30-31/h4-10,16,19,32-33H,11-15H2,1-3H3/t16-,19-/m0/s1. The lowest BCUT2D eigenvalue weighted by molar-refractivity contribution is 0.0881. The number of alkyl halides is 1. The van der Waals surface area contributed by atoms with E-state index in [1.54, 1.807) is 4.68 Å². The van der Waals surface area contributed by atoms with E-state index in [9.17, 15) is 10.2 Å². The van der Waals surface area contributed by atoms with Crippen LogP contribution in [-0.4, -0.2) is 50.4 Å². The Kier molecular flexibility index (Phi) is 10.5. The van der Waals surface area contributed by atoms with Crippen molar-refractivity contribution in [1.29, 1.82) is 0 Å². The van der Waals surface area contributed by atoms with Gasteiger partial charge in [0.2, 0.25) is 0 Å². The number of hydrogen-bond acceptors (Lipinski definition) is 6. The Balaban J connectivity index is 1.60. The summed E-state index contributed by atoms with van der Waals surface area (Å²) in [5, 5.41) is 27.4. The summed E-state index contributed by atoms with van der Waals surface area (Å²) in [4.78, 5) is 0. The van der Waals surface area contributed by atoms with Gasteiger partial charge in [-0.2, -0.15) is 0 Å². The van der Waals surface area contributed by atoms with Gasteiger partial charge in [-0.3, -0.25) is 0 Å². The normalized spacial score (nSPS) is 13.5. The number of aromatic nitrogens is 3. The summed E-state index contributed by atoms with van der Waals surface area (Å²) in [6.07, 6.45) is -0.761. The molecule has 3 rings (SSSR count). The van der Waals surface area contributed by atoms with Crippen LogP contribution in [-0.2, 0) is 18.6 Å². The van der Waals surface area contributed by atoms with Gasteiger partial charge >= 0.3 is 0 Å². The van der Waals surface area contributed by atoms with Crippen molar-refractivity contribution in [2.24, 2.45) is 5.92 Å². The lowest BCUT2D eigenvalue weighted by Gasteiger charge is -2.27. The third-order valence-electron chi connectivity index (χ3n) is 5.73. The minimum Gasteiger partial charge on any atom is -0.492 e. The maximum Gasteiger partial charge on any atom is 0.132 e. The fraction of sp³-hybridized carbons (Fsp3) is 0.440. The van der Waals surface area contributed by atoms with E-state index in [0.717, 1.165) is 14.9 Å². The van der Waals surface area contributed by atoms with Gasteiger partial charge in [-0.25, -0.2) is 4.68 Å². The largest absolute Gasteiger partial charge is 0.492 e. The molecule has 35 heavy (non-hydrogen) atoms. The summed E-state index contributed by atoms with van der Waals surface area (Å²) in [7, 11) is 0. The maximum atomic E-state index is 10.3. The summed E-state index contributed by atoms with van der Waals surface area (Å²) in [6.45, 7) is 7.22. The van der Waals surface area contributed by atoms with E-state index in [0.29, 0.717) is 33.5 Å². The molecule has 0 saturated heterocycles. The van der Waals surface area contributed by atoms with Gasteiger partial charge < -0.3 is 19.7 Å². The van der Waals surface area contributed by atoms with Gasteiger partial charge in [-0.1, -0.05) is 44.2 Å². The average molecular weight is 726 g/mol. The first-order valence-electron chi connectivity index (χ1n) is 11.2. The van der Waals surface area contributed by atoms with Crippen LogP contribution in [0.4, 0.5) is 0 Å². The van der Waals surface area contributed by atoms with Crippen molar-refractivity contribution < 1.29 is 19.7 Å². The van der Waals surface area contributed by atoms with E-state index in [4.69, 9.17) is 21.1 Å². The van der Waals surface area contributed by atoms with Gasteiger partial charge in [0, 0.05) is 17.2 Å². The Morgan fingerprint density at radius 2 is 1.74 bits per heavy atom. The zero-order chi connectivity index (χ0) is 25.6. The Labute approximate surface area is 238 Å². The zero-order valence-electron chi connectivity index (χ0n) is 19.9. The average Bonchev–Trinajstić information content (AvgIpc) is 3.20. The molecule has 0 amide bonds. The molecule has 190 valence electrons. The van der Waals surface area contributed by atoms with Crippen molar-refractivity contribution in [2.75, 3.05) is 19.1 Å². The van der Waals surface area contributed by atoms with Crippen molar-refractivity contribution in [3.63, 3.8) is 0 Å². The predicted molar refractivity (Wildman–Crippen MR) is 153 cm³/mol. The molecule has 1 aromatic heterocycles. The highest BCUT2D eigenvalue weighted by atomic mass is 127. The van der Waals surface area contributed by atoms with Crippen molar-refractivity contribution in [2.45, 2.75) is 45.4 Å². The van der Waals surface area contributed by atoms with Gasteiger partial charge in [-0.15, -0.1) is 16.7 Å². The number of halogens is 3. The van der Waals surface area contributed by atoms with Gasteiger partial charge in [0.05, 0.1) is 23.3 Å². The number of benzene rings is 2. The fourth-order valence-corrected chi connectivity index (χ4v) is 4.75. The quantitative estimate of drug-likeness (QED) is 0.202. The first kappa shape index (κ1) is 28.4. The molecular weight excluding hydrogens is 696 g/mol. The zero-order valence-corrected chi connectivity index (χ0v) is 25.0. The van der Waals surface area contributed by atoms with Gasteiger partial charge in [0.25, 0.3) is 0 Å². The van der Waals surface area contributed by atoms with Crippen LogP contribution in [0.25, 0.3) is 0 Å². The van der Waals surface area contributed by atoms with E-state index >= 15 is 0 Å². The Morgan fingerprint density at radius 3 is 2.34 bits per heavy atom. The molecule has 3 aromatic rings. The van der Waals surface area contributed by atoms with Crippen LogP contribution in [0.15, 0.2) is 42.5 Å². The summed E-state index contributed by atoms with van der Waals surface area (Å²) in [5.41, 5.74) is 2.62. The molecule has 2 atom stereocenters. The Bertz CT molecular complexity index is 1110. The molecule has 0 saturated carbocycles. The lowest BCUT2D eigenvalue weighted by atomic mass is 9.78. The molecule has 0 fully saturated rings. The van der Waals surface area contributed by atoms with E-state index in [-0.39, 0.29) is 25.2 Å². The highest BCUT2D eigenvalue weighted by Crippen LogP contribution is 2.35. The maximum absolute atomic E-state index is 10.3. The molecule has 0 aliphatic rings. The molecule has 0 aliphatic carbocycles. The first-order chi connectivity index (χ1) is 16.6. The Hall–Kier alpha value is -1.15. The third-order valence-corrected chi connectivity index (χ3v) is 8.28. The van der Waals surface area contributed by atoms with E-state index in [2.05, 4.69) is 101 Å².